The predicted molar refractivity (Wildman–Crippen MR) is 150 cm³/mol. The standard InChI is InChI=1S/C29H29IO4S/c1-3-32-21-34-29-27(30)18-22(19-28(29)31-2)20-33-23-14-16-26(17-15-23)35(24-10-6-4-7-11-24)25-12-8-5-9-13-25/h4-19,35H,3,20-21H2,1-2H3. The van der Waals surface area contributed by atoms with Gasteiger partial charge < -0.3 is 18.9 Å². The normalized spacial score (nSPS) is 11.1. The third-order valence-electron chi connectivity index (χ3n) is 5.31. The topological polar surface area (TPSA) is 36.9 Å². The van der Waals surface area contributed by atoms with Crippen LogP contribution in [0.1, 0.15) is 12.5 Å². The van der Waals surface area contributed by atoms with E-state index in [0.717, 1.165) is 14.9 Å². The summed E-state index contributed by atoms with van der Waals surface area (Å²) in [5.41, 5.74) is 1.01. The molecule has 0 spiro atoms. The van der Waals surface area contributed by atoms with Crippen LogP contribution in [0.2, 0.25) is 0 Å². The molecular weight excluding hydrogens is 571 g/mol. The quantitative estimate of drug-likeness (QED) is 0.0828. The highest BCUT2D eigenvalue weighted by Gasteiger charge is 2.14. The maximum Gasteiger partial charge on any atom is 0.189 e. The molecule has 0 amide bonds. The Balaban J connectivity index is 1.49. The van der Waals surface area contributed by atoms with Gasteiger partial charge in [-0.05, 0) is 110 Å². The SMILES string of the molecule is CCOCOc1c(I)cc(COc2ccc([SH](c3ccccc3)c3ccccc3)cc2)cc1OC. The molecule has 0 unspecified atom stereocenters. The van der Waals surface area contributed by atoms with E-state index in [9.17, 15) is 0 Å². The van der Waals surface area contributed by atoms with Crippen molar-refractivity contribution in [1.29, 1.82) is 0 Å². The molecule has 0 radical (unpaired) electrons. The van der Waals surface area contributed by atoms with Gasteiger partial charge in [0.2, 0.25) is 0 Å². The maximum absolute atomic E-state index is 6.11. The predicted octanol–water partition coefficient (Wildman–Crippen LogP) is 7.73. The third kappa shape index (κ3) is 6.72. The van der Waals surface area contributed by atoms with Crippen molar-refractivity contribution < 1.29 is 18.9 Å². The van der Waals surface area contributed by atoms with Crippen molar-refractivity contribution in [1.82, 2.24) is 0 Å². The number of halogens is 1. The minimum atomic E-state index is -0.630. The van der Waals surface area contributed by atoms with Crippen LogP contribution in [0.15, 0.2) is 112 Å². The number of hydrogen-bond donors (Lipinski definition) is 1. The van der Waals surface area contributed by atoms with Gasteiger partial charge in [-0.25, -0.2) is 0 Å². The minimum Gasteiger partial charge on any atom is -0.493 e. The molecule has 0 saturated carbocycles. The van der Waals surface area contributed by atoms with Crippen molar-refractivity contribution in [3.63, 3.8) is 0 Å². The van der Waals surface area contributed by atoms with Crippen LogP contribution in [0, 0.1) is 3.57 Å². The van der Waals surface area contributed by atoms with Crippen LogP contribution in [-0.4, -0.2) is 20.5 Å². The Bertz CT molecular complexity index is 1160. The van der Waals surface area contributed by atoms with E-state index in [1.807, 2.05) is 19.1 Å². The molecule has 0 fully saturated rings. The highest BCUT2D eigenvalue weighted by atomic mass is 127. The molecule has 0 saturated heterocycles. The maximum atomic E-state index is 6.11. The number of hydrogen-bond acceptors (Lipinski definition) is 4. The molecule has 182 valence electrons. The molecule has 0 aliphatic heterocycles. The van der Waals surface area contributed by atoms with Gasteiger partial charge in [-0.2, -0.15) is 10.9 Å². The second-order valence-electron chi connectivity index (χ2n) is 7.65. The summed E-state index contributed by atoms with van der Waals surface area (Å²) < 4.78 is 23.6. The van der Waals surface area contributed by atoms with Crippen LogP contribution in [0.4, 0.5) is 0 Å². The zero-order chi connectivity index (χ0) is 24.5. The molecule has 4 nitrogen and oxygen atoms in total. The van der Waals surface area contributed by atoms with Crippen molar-refractivity contribution in [2.75, 3.05) is 20.5 Å². The van der Waals surface area contributed by atoms with Gasteiger partial charge in [-0.3, -0.25) is 0 Å². The molecule has 6 heteroatoms. The van der Waals surface area contributed by atoms with E-state index in [2.05, 4.69) is 108 Å². The van der Waals surface area contributed by atoms with Crippen LogP contribution >= 0.6 is 33.5 Å². The minimum absolute atomic E-state index is 0.194. The summed E-state index contributed by atoms with van der Waals surface area (Å²) in [6.07, 6.45) is 0. The lowest BCUT2D eigenvalue weighted by Gasteiger charge is -2.23. The van der Waals surface area contributed by atoms with Gasteiger partial charge in [0.25, 0.3) is 0 Å². The molecule has 4 rings (SSSR count). The fourth-order valence-electron chi connectivity index (χ4n) is 3.64. The average molecular weight is 601 g/mol. The Labute approximate surface area is 223 Å². The number of thiol groups is 1. The first kappa shape index (κ1) is 25.4. The largest absolute Gasteiger partial charge is 0.493 e. The molecule has 0 N–H and O–H groups in total. The molecule has 4 aromatic carbocycles. The second-order valence-corrected chi connectivity index (χ2v) is 11.0. The summed E-state index contributed by atoms with van der Waals surface area (Å²) in [4.78, 5) is 3.95. The van der Waals surface area contributed by atoms with Gasteiger partial charge in [0.1, 0.15) is 12.4 Å². The van der Waals surface area contributed by atoms with E-state index >= 15 is 0 Å². The van der Waals surface area contributed by atoms with Gasteiger partial charge in [-0.15, -0.1) is 0 Å². The van der Waals surface area contributed by atoms with Gasteiger partial charge in [0, 0.05) is 6.61 Å². The average Bonchev–Trinajstić information content (AvgIpc) is 2.90. The van der Waals surface area contributed by atoms with Gasteiger partial charge >= 0.3 is 0 Å². The lowest BCUT2D eigenvalue weighted by Crippen LogP contribution is -2.06. The summed E-state index contributed by atoms with van der Waals surface area (Å²) in [5.74, 6) is 2.18. The van der Waals surface area contributed by atoms with Crippen LogP contribution in [0.25, 0.3) is 0 Å². The number of ether oxygens (including phenoxy) is 4. The first-order valence-electron chi connectivity index (χ1n) is 11.4. The second kappa shape index (κ2) is 12.9. The van der Waals surface area contributed by atoms with Crippen LogP contribution in [0.5, 0.6) is 17.2 Å². The van der Waals surface area contributed by atoms with E-state index in [-0.39, 0.29) is 6.79 Å². The Hall–Kier alpha value is -2.68. The number of methoxy groups -OCH3 is 1. The summed E-state index contributed by atoms with van der Waals surface area (Å²) in [7, 11) is 1.01. The number of rotatable bonds is 11. The molecule has 0 aromatic heterocycles. The zero-order valence-electron chi connectivity index (χ0n) is 19.8. The van der Waals surface area contributed by atoms with Crippen molar-refractivity contribution in [3.8, 4) is 17.2 Å². The molecule has 35 heavy (non-hydrogen) atoms. The van der Waals surface area contributed by atoms with E-state index in [1.54, 1.807) is 7.11 Å². The first-order valence-corrected chi connectivity index (χ1v) is 13.8. The van der Waals surface area contributed by atoms with E-state index in [4.69, 9.17) is 18.9 Å². The summed E-state index contributed by atoms with van der Waals surface area (Å²) in [6, 6.07) is 33.8. The molecular formula is C29H29IO4S. The lowest BCUT2D eigenvalue weighted by molar-refractivity contribution is 0.0203. The van der Waals surface area contributed by atoms with Crippen LogP contribution < -0.4 is 14.2 Å². The fraction of sp³-hybridized carbons (Fsp3) is 0.172. The number of benzene rings is 4. The molecule has 0 bridgehead atoms. The Kier molecular flexibility index (Phi) is 9.34. The van der Waals surface area contributed by atoms with E-state index in [1.165, 1.54) is 14.7 Å². The third-order valence-corrected chi connectivity index (χ3v) is 8.55. The van der Waals surface area contributed by atoms with Crippen molar-refractivity contribution in [3.05, 3.63) is 106 Å². The van der Waals surface area contributed by atoms with Crippen molar-refractivity contribution in [2.24, 2.45) is 0 Å². The van der Waals surface area contributed by atoms with Gasteiger partial charge in [-0.1, -0.05) is 36.4 Å². The highest BCUT2D eigenvalue weighted by Crippen LogP contribution is 2.51. The molecule has 0 aliphatic rings. The summed E-state index contributed by atoms with van der Waals surface area (Å²) >= 11 is 2.25. The van der Waals surface area contributed by atoms with Crippen molar-refractivity contribution in [2.45, 2.75) is 28.2 Å². The molecule has 0 heterocycles. The Morgan fingerprint density at radius 3 is 1.91 bits per heavy atom. The lowest BCUT2D eigenvalue weighted by atomic mass is 10.2. The fourth-order valence-corrected chi connectivity index (χ4v) is 6.74. The Morgan fingerprint density at radius 2 is 1.34 bits per heavy atom. The van der Waals surface area contributed by atoms with Crippen LogP contribution in [0.3, 0.4) is 0 Å². The smallest absolute Gasteiger partial charge is 0.189 e. The molecule has 0 atom stereocenters. The van der Waals surface area contributed by atoms with Crippen molar-refractivity contribution >= 4 is 33.5 Å². The van der Waals surface area contributed by atoms with Gasteiger partial charge in [0.05, 0.1) is 10.7 Å². The Morgan fingerprint density at radius 1 is 0.743 bits per heavy atom. The van der Waals surface area contributed by atoms with E-state index in [0.29, 0.717) is 24.7 Å². The van der Waals surface area contributed by atoms with Crippen LogP contribution in [-0.2, 0) is 11.3 Å². The highest BCUT2D eigenvalue weighted by molar-refractivity contribution is 14.1. The molecule has 4 aromatic rings. The van der Waals surface area contributed by atoms with Gasteiger partial charge in [0.15, 0.2) is 18.3 Å². The first-order chi connectivity index (χ1) is 17.2. The zero-order valence-corrected chi connectivity index (χ0v) is 22.9. The monoisotopic (exact) mass is 600 g/mol. The molecule has 0 aliphatic carbocycles. The van der Waals surface area contributed by atoms with E-state index < -0.39 is 10.9 Å². The summed E-state index contributed by atoms with van der Waals surface area (Å²) in [5, 5.41) is 0. The summed E-state index contributed by atoms with van der Waals surface area (Å²) in [6.45, 7) is 3.16.